The van der Waals surface area contributed by atoms with Crippen molar-refractivity contribution in [2.75, 3.05) is 0 Å². The van der Waals surface area contributed by atoms with E-state index in [1.165, 1.54) is 0 Å². The van der Waals surface area contributed by atoms with E-state index >= 15 is 0 Å². The van der Waals surface area contributed by atoms with Gasteiger partial charge in [-0.05, 0) is 6.42 Å². The summed E-state index contributed by atoms with van der Waals surface area (Å²) in [6, 6.07) is 0. The maximum Gasteiger partial charge on any atom is 0.0518 e. The molecule has 6 heavy (non-hydrogen) atoms. The van der Waals surface area contributed by atoms with E-state index in [0.717, 1.165) is 6.42 Å². The third-order valence-electron chi connectivity index (χ3n) is 0.471. The summed E-state index contributed by atoms with van der Waals surface area (Å²) in [6.45, 7) is 1.95. The van der Waals surface area contributed by atoms with Crippen LogP contribution in [0.15, 0.2) is 0 Å². The van der Waals surface area contributed by atoms with E-state index in [2.05, 4.69) is 0 Å². The summed E-state index contributed by atoms with van der Waals surface area (Å²) >= 11 is 0. The summed E-state index contributed by atoms with van der Waals surface area (Å²) in [4.78, 5) is 0. The first-order valence-corrected chi connectivity index (χ1v) is 1.78. The van der Waals surface area contributed by atoms with Crippen LogP contribution >= 0.6 is 0 Å². The summed E-state index contributed by atoms with van der Waals surface area (Å²) < 4.78 is 0. The molecule has 0 aliphatic carbocycles. The zero-order chi connectivity index (χ0) is 4.28. The molecule has 0 unspecified atom stereocenters. The van der Waals surface area contributed by atoms with Gasteiger partial charge in [0.15, 0.2) is 0 Å². The van der Waals surface area contributed by atoms with Crippen LogP contribution in [-0.4, -0.2) is 6.17 Å². The van der Waals surface area contributed by atoms with Crippen molar-refractivity contribution in [3.8, 4) is 0 Å². The molecular weight excluding hydrogens is 259 g/mol. The minimum atomic E-state index is -0.116. The Kier molecular flexibility index (Phi) is 9.15. The van der Waals surface area contributed by atoms with Crippen LogP contribution in [0.25, 0.3) is 0 Å². The number of rotatable bonds is 1. The molecule has 42 valence electrons. The van der Waals surface area contributed by atoms with Crippen LogP contribution in [0, 0.1) is 0 Å². The van der Waals surface area contributed by atoms with Gasteiger partial charge >= 0.3 is 0 Å². The van der Waals surface area contributed by atoms with Crippen molar-refractivity contribution in [1.29, 1.82) is 0 Å². The molecule has 4 N–H and O–H groups in total. The Morgan fingerprint density at radius 2 is 1.67 bits per heavy atom. The van der Waals surface area contributed by atoms with Crippen LogP contribution in [0.5, 0.6) is 0 Å². The Bertz CT molecular complexity index is 22.8. The Balaban J connectivity index is 0. The Morgan fingerprint density at radius 1 is 1.50 bits per heavy atom. The average Bonchev–Trinajstić information content (AvgIpc) is 1.38. The van der Waals surface area contributed by atoms with Crippen molar-refractivity contribution < 1.29 is 21.1 Å². The summed E-state index contributed by atoms with van der Waals surface area (Å²) in [5.74, 6) is 0. The zero-order valence-corrected chi connectivity index (χ0v) is 6.03. The molecule has 0 saturated heterocycles. The molecule has 0 aliphatic heterocycles. The van der Waals surface area contributed by atoms with Gasteiger partial charge in [-0.25, -0.2) is 0 Å². The fourth-order valence-corrected chi connectivity index (χ4v) is 0. The summed E-state index contributed by atoms with van der Waals surface area (Å²) in [6.07, 6.45) is 0.745. The van der Waals surface area contributed by atoms with Gasteiger partial charge in [0, 0.05) is 21.1 Å². The van der Waals surface area contributed by atoms with Crippen LogP contribution in [0.4, 0.5) is 0 Å². The maximum atomic E-state index is 5.07. The quantitative estimate of drug-likeness (QED) is 0.639. The molecule has 3 heteroatoms. The van der Waals surface area contributed by atoms with Crippen molar-refractivity contribution in [2.45, 2.75) is 19.5 Å². The SMILES string of the molecule is CCC(N)N.[Pt]. The molecule has 0 saturated carbocycles. The summed E-state index contributed by atoms with van der Waals surface area (Å²) in [5.41, 5.74) is 10.1. The third kappa shape index (κ3) is 8.82. The molecule has 0 aromatic rings. The van der Waals surface area contributed by atoms with Crippen molar-refractivity contribution in [3.05, 3.63) is 0 Å². The van der Waals surface area contributed by atoms with Gasteiger partial charge in [0.1, 0.15) is 0 Å². The third-order valence-corrected chi connectivity index (χ3v) is 0.471. The maximum absolute atomic E-state index is 5.07. The predicted octanol–water partition coefficient (Wildman–Crippen LogP) is -0.363. The first-order chi connectivity index (χ1) is 2.27. The van der Waals surface area contributed by atoms with E-state index in [9.17, 15) is 0 Å². The van der Waals surface area contributed by atoms with Crippen molar-refractivity contribution in [2.24, 2.45) is 11.5 Å². The Labute approximate surface area is 52.5 Å². The minimum absolute atomic E-state index is 0. The van der Waals surface area contributed by atoms with E-state index in [1.54, 1.807) is 0 Å². The van der Waals surface area contributed by atoms with Gasteiger partial charge in [0.2, 0.25) is 0 Å². The Hall–Kier alpha value is 0.608. The van der Waals surface area contributed by atoms with Crippen LogP contribution < -0.4 is 11.5 Å². The number of hydrogen-bond donors (Lipinski definition) is 2. The minimum Gasteiger partial charge on any atom is -0.316 e. The molecule has 0 heterocycles. The molecule has 0 fully saturated rings. The van der Waals surface area contributed by atoms with Crippen molar-refractivity contribution >= 4 is 0 Å². The first-order valence-electron chi connectivity index (χ1n) is 1.78. The van der Waals surface area contributed by atoms with Gasteiger partial charge in [-0.3, -0.25) is 0 Å². The van der Waals surface area contributed by atoms with E-state index in [1.807, 2.05) is 6.92 Å². The van der Waals surface area contributed by atoms with E-state index in [0.29, 0.717) is 0 Å². The van der Waals surface area contributed by atoms with Gasteiger partial charge in [-0.1, -0.05) is 6.92 Å². The second-order valence-electron chi connectivity index (χ2n) is 1.07. The molecule has 0 bridgehead atoms. The van der Waals surface area contributed by atoms with Gasteiger partial charge in [0.05, 0.1) is 6.17 Å². The van der Waals surface area contributed by atoms with Crippen LogP contribution in [0.3, 0.4) is 0 Å². The number of nitrogens with two attached hydrogens (primary N) is 2. The number of hydrogen-bond acceptors (Lipinski definition) is 2. The van der Waals surface area contributed by atoms with Crippen molar-refractivity contribution in [1.82, 2.24) is 0 Å². The second kappa shape index (κ2) is 5.61. The van der Waals surface area contributed by atoms with Gasteiger partial charge in [-0.2, -0.15) is 0 Å². The van der Waals surface area contributed by atoms with E-state index < -0.39 is 0 Å². The zero-order valence-electron chi connectivity index (χ0n) is 3.76. The Morgan fingerprint density at radius 3 is 1.67 bits per heavy atom. The fraction of sp³-hybridized carbons (Fsp3) is 1.00. The molecule has 0 aromatic heterocycles. The monoisotopic (exact) mass is 269 g/mol. The molecule has 0 atom stereocenters. The smallest absolute Gasteiger partial charge is 0.0518 e. The molecule has 0 amide bonds. The molecule has 0 rings (SSSR count). The van der Waals surface area contributed by atoms with E-state index in [-0.39, 0.29) is 27.2 Å². The molecule has 0 aliphatic rings. The van der Waals surface area contributed by atoms with Crippen LogP contribution in [-0.2, 0) is 21.1 Å². The molecule has 0 aromatic carbocycles. The molecular formula is C3H10N2Pt. The second-order valence-corrected chi connectivity index (χ2v) is 1.07. The summed E-state index contributed by atoms with van der Waals surface area (Å²) in [7, 11) is 0. The fourth-order valence-electron chi connectivity index (χ4n) is 0. The summed E-state index contributed by atoms with van der Waals surface area (Å²) in [5, 5.41) is 0. The van der Waals surface area contributed by atoms with Crippen LogP contribution in [0.2, 0.25) is 0 Å². The van der Waals surface area contributed by atoms with Crippen LogP contribution in [0.1, 0.15) is 13.3 Å². The average molecular weight is 269 g/mol. The van der Waals surface area contributed by atoms with Gasteiger partial charge in [0.25, 0.3) is 0 Å². The van der Waals surface area contributed by atoms with Gasteiger partial charge in [-0.15, -0.1) is 0 Å². The van der Waals surface area contributed by atoms with Gasteiger partial charge < -0.3 is 11.5 Å². The standard InChI is InChI=1S/C3H10N2.Pt/c1-2-3(4)5;/h3H,2,4-5H2,1H3;. The molecule has 0 spiro atoms. The topological polar surface area (TPSA) is 52.0 Å². The predicted molar refractivity (Wildman–Crippen MR) is 22.5 cm³/mol. The normalized spacial score (nSPS) is 8.00. The largest absolute Gasteiger partial charge is 0.316 e. The first kappa shape index (κ1) is 9.79. The molecule has 0 radical (unpaired) electrons. The molecule has 2 nitrogen and oxygen atoms in total. The van der Waals surface area contributed by atoms with Crippen molar-refractivity contribution in [3.63, 3.8) is 0 Å². The van der Waals surface area contributed by atoms with E-state index in [4.69, 9.17) is 11.5 Å².